The summed E-state index contributed by atoms with van der Waals surface area (Å²) in [5.41, 5.74) is 0.790. The molecule has 4 rings (SSSR count). The Labute approximate surface area is 166 Å². The Morgan fingerprint density at radius 3 is 2.26 bits per heavy atom. The van der Waals surface area contributed by atoms with Crippen molar-refractivity contribution in [3.05, 3.63) is 23.8 Å². The summed E-state index contributed by atoms with van der Waals surface area (Å²) in [5.74, 6) is -0.568. The zero-order valence-electron chi connectivity index (χ0n) is 18.9. The van der Waals surface area contributed by atoms with Crippen LogP contribution < -0.4 is 0 Å². The third-order valence-electron chi connectivity index (χ3n) is 9.12. The van der Waals surface area contributed by atoms with E-state index in [-0.39, 0.29) is 33.0 Å². The van der Waals surface area contributed by atoms with Gasteiger partial charge in [0.25, 0.3) is 0 Å². The molecule has 3 aliphatic carbocycles. The van der Waals surface area contributed by atoms with E-state index >= 15 is 0 Å². The van der Waals surface area contributed by atoms with Crippen molar-refractivity contribution in [2.24, 2.45) is 16.2 Å². The highest BCUT2D eigenvalue weighted by atomic mass is 28.4. The fourth-order valence-electron chi connectivity index (χ4n) is 6.09. The largest absolute Gasteiger partial charge is 0.412 e. The fraction of sp³-hybridized carbons (Fsp3) is 0.826. The Hall–Kier alpha value is -0.423. The van der Waals surface area contributed by atoms with E-state index in [1.807, 2.05) is 0 Å². The second-order valence-electron chi connectivity index (χ2n) is 11.8. The maximum absolute atomic E-state index is 7.26. The van der Waals surface area contributed by atoms with Crippen LogP contribution >= 0.6 is 0 Å². The summed E-state index contributed by atoms with van der Waals surface area (Å²) in [6, 6.07) is 0. The first-order valence-electron chi connectivity index (χ1n) is 10.5. The van der Waals surface area contributed by atoms with Crippen LogP contribution in [0.1, 0.15) is 61.8 Å². The van der Waals surface area contributed by atoms with Gasteiger partial charge in [0.15, 0.2) is 14.1 Å². The van der Waals surface area contributed by atoms with Gasteiger partial charge in [-0.15, -0.1) is 0 Å². The number of hydrogen-bond acceptors (Lipinski definition) is 3. The Balaban J connectivity index is 1.90. The number of ether oxygens (including phenoxy) is 2. The van der Waals surface area contributed by atoms with Crippen molar-refractivity contribution in [1.29, 1.82) is 0 Å². The van der Waals surface area contributed by atoms with Crippen LogP contribution in [-0.2, 0) is 13.9 Å². The van der Waals surface area contributed by atoms with Crippen LogP contribution in [0.15, 0.2) is 23.8 Å². The molecule has 5 atom stereocenters. The minimum absolute atomic E-state index is 0.0399. The molecule has 0 unspecified atom stereocenters. The molecule has 2 fully saturated rings. The van der Waals surface area contributed by atoms with E-state index in [1.54, 1.807) is 0 Å². The molecule has 27 heavy (non-hydrogen) atoms. The van der Waals surface area contributed by atoms with Crippen LogP contribution in [0.25, 0.3) is 0 Å². The van der Waals surface area contributed by atoms with Gasteiger partial charge in [-0.1, -0.05) is 58.4 Å². The molecule has 1 aliphatic heterocycles. The fourth-order valence-corrected chi connectivity index (χ4v) is 7.48. The lowest BCUT2D eigenvalue weighted by atomic mass is 9.54. The van der Waals surface area contributed by atoms with E-state index in [2.05, 4.69) is 86.7 Å². The Morgan fingerprint density at radius 1 is 1.11 bits per heavy atom. The van der Waals surface area contributed by atoms with Crippen molar-refractivity contribution in [3.63, 3.8) is 0 Å². The van der Waals surface area contributed by atoms with Crippen molar-refractivity contribution in [1.82, 2.24) is 0 Å². The minimum Gasteiger partial charge on any atom is -0.412 e. The van der Waals surface area contributed by atoms with E-state index in [0.717, 1.165) is 6.42 Å². The second kappa shape index (κ2) is 5.00. The first-order chi connectivity index (χ1) is 12.1. The predicted molar refractivity (Wildman–Crippen MR) is 112 cm³/mol. The highest BCUT2D eigenvalue weighted by Crippen LogP contribution is 2.80. The highest BCUT2D eigenvalue weighted by molar-refractivity contribution is 6.74. The zero-order valence-corrected chi connectivity index (χ0v) is 19.9. The molecular weight excluding hydrogens is 352 g/mol. The molecule has 4 heteroatoms. The zero-order chi connectivity index (χ0) is 20.3. The Kier molecular flexibility index (Phi) is 3.68. The van der Waals surface area contributed by atoms with Gasteiger partial charge in [0.1, 0.15) is 0 Å². The average Bonchev–Trinajstić information content (AvgIpc) is 2.85. The summed E-state index contributed by atoms with van der Waals surface area (Å²) in [6.45, 7) is 23.6. The summed E-state index contributed by atoms with van der Waals surface area (Å²) < 4.78 is 20.5. The molecule has 4 aliphatic rings. The van der Waals surface area contributed by atoms with Gasteiger partial charge in [-0.25, -0.2) is 0 Å². The predicted octanol–water partition coefficient (Wildman–Crippen LogP) is 5.83. The second-order valence-corrected chi connectivity index (χ2v) is 16.5. The topological polar surface area (TPSA) is 27.7 Å². The van der Waals surface area contributed by atoms with E-state index < -0.39 is 14.1 Å². The van der Waals surface area contributed by atoms with E-state index in [1.165, 1.54) is 5.57 Å². The SMILES string of the molecule is CC1=CC[C@]23OC(C)(C)OC[C@]12[C@@H](O[Si](C)(C)C(C)(C)C)[C@@]1(C)C=C[C@@]31C. The van der Waals surface area contributed by atoms with E-state index in [9.17, 15) is 0 Å². The molecule has 0 radical (unpaired) electrons. The van der Waals surface area contributed by atoms with Gasteiger partial charge in [-0.2, -0.15) is 0 Å². The quantitative estimate of drug-likeness (QED) is 0.438. The van der Waals surface area contributed by atoms with Crippen LogP contribution in [0.4, 0.5) is 0 Å². The Morgan fingerprint density at radius 2 is 1.74 bits per heavy atom. The number of hydrogen-bond donors (Lipinski definition) is 0. The molecule has 1 saturated carbocycles. The molecule has 0 bridgehead atoms. The summed E-state index contributed by atoms with van der Waals surface area (Å²) in [5, 5.41) is 0.168. The van der Waals surface area contributed by atoms with Crippen molar-refractivity contribution < 1.29 is 13.9 Å². The summed E-state index contributed by atoms with van der Waals surface area (Å²) in [6.07, 6.45) is 8.20. The van der Waals surface area contributed by atoms with Crippen LogP contribution in [0.3, 0.4) is 0 Å². The molecule has 0 amide bonds. The molecule has 0 aromatic carbocycles. The third kappa shape index (κ3) is 1.99. The minimum atomic E-state index is -1.97. The van der Waals surface area contributed by atoms with E-state index in [4.69, 9.17) is 13.9 Å². The highest BCUT2D eigenvalue weighted by Gasteiger charge is 2.84. The first kappa shape index (κ1) is 19.9. The average molecular weight is 391 g/mol. The van der Waals surface area contributed by atoms with Crippen molar-refractivity contribution >= 4 is 8.32 Å². The third-order valence-corrected chi connectivity index (χ3v) is 13.6. The maximum Gasteiger partial charge on any atom is 0.192 e. The molecular formula is C23H38O3Si. The van der Waals surface area contributed by atoms with Gasteiger partial charge in [0.05, 0.1) is 23.7 Å². The molecule has 0 aromatic heterocycles. The first-order valence-corrected chi connectivity index (χ1v) is 13.4. The lowest BCUT2D eigenvalue weighted by Crippen LogP contribution is -2.65. The lowest BCUT2D eigenvalue weighted by Gasteiger charge is -2.58. The maximum atomic E-state index is 7.26. The van der Waals surface area contributed by atoms with Gasteiger partial charge >= 0.3 is 0 Å². The lowest BCUT2D eigenvalue weighted by molar-refractivity contribution is -0.361. The molecule has 0 spiro atoms. The van der Waals surface area contributed by atoms with Crippen LogP contribution in [0.2, 0.25) is 18.1 Å². The Bertz CT molecular complexity index is 745. The van der Waals surface area contributed by atoms with Gasteiger partial charge in [-0.3, -0.25) is 0 Å². The standard InChI is InChI=1S/C23H38O3Si/c1-16-11-12-23-21(8)14-13-20(21,7)17(25-27(9,10)18(2,3)4)22(16,23)15-24-19(5,6)26-23/h11,13-14,17H,12,15H2,1-10H3/t17-,20+,21+,22+,23+/m0/s1. The summed E-state index contributed by atoms with van der Waals surface area (Å²) >= 11 is 0. The normalized spacial score (nSPS) is 47.8. The van der Waals surface area contributed by atoms with Crippen molar-refractivity contribution in [3.8, 4) is 0 Å². The molecule has 1 heterocycles. The molecule has 1 saturated heterocycles. The summed E-state index contributed by atoms with van der Waals surface area (Å²) in [4.78, 5) is 0. The van der Waals surface area contributed by atoms with Gasteiger partial charge in [-0.05, 0) is 45.3 Å². The van der Waals surface area contributed by atoms with Crippen molar-refractivity contribution in [2.45, 2.75) is 97.4 Å². The van der Waals surface area contributed by atoms with Crippen molar-refractivity contribution in [2.75, 3.05) is 6.61 Å². The molecule has 3 nitrogen and oxygen atoms in total. The van der Waals surface area contributed by atoms with Crippen LogP contribution in [-0.4, -0.2) is 32.4 Å². The van der Waals surface area contributed by atoms with Gasteiger partial charge < -0.3 is 13.9 Å². The van der Waals surface area contributed by atoms with Crippen LogP contribution in [0.5, 0.6) is 0 Å². The molecule has 0 N–H and O–H groups in total. The number of fused-ring (bicyclic) bond motifs is 1. The smallest absolute Gasteiger partial charge is 0.192 e. The van der Waals surface area contributed by atoms with Crippen LogP contribution in [0, 0.1) is 16.2 Å². The van der Waals surface area contributed by atoms with Gasteiger partial charge in [0, 0.05) is 10.8 Å². The van der Waals surface area contributed by atoms with Gasteiger partial charge in [0.2, 0.25) is 0 Å². The summed E-state index contributed by atoms with van der Waals surface area (Å²) in [7, 11) is -1.97. The molecule has 152 valence electrons. The molecule has 0 aromatic rings. The number of rotatable bonds is 2. The van der Waals surface area contributed by atoms with E-state index in [0.29, 0.717) is 6.61 Å². The monoisotopic (exact) mass is 390 g/mol.